The summed E-state index contributed by atoms with van der Waals surface area (Å²) in [6.45, 7) is 10.2. The summed E-state index contributed by atoms with van der Waals surface area (Å²) in [5, 5.41) is 0. The van der Waals surface area contributed by atoms with Gasteiger partial charge in [0.2, 0.25) is 0 Å². The highest BCUT2D eigenvalue weighted by atomic mass is 32.1. The number of ether oxygens (including phenoxy) is 1. The van der Waals surface area contributed by atoms with Crippen molar-refractivity contribution < 1.29 is 9.53 Å². The smallest absolute Gasteiger partial charge is 0.410 e. The Balaban J connectivity index is 2.29. The molecule has 17 heavy (non-hydrogen) atoms. The van der Waals surface area contributed by atoms with Crippen molar-refractivity contribution in [3.8, 4) is 0 Å². The summed E-state index contributed by atoms with van der Waals surface area (Å²) >= 11 is 4.21. The molecule has 0 aliphatic carbocycles. The van der Waals surface area contributed by atoms with Crippen LogP contribution in [0.2, 0.25) is 0 Å². The molecule has 1 saturated heterocycles. The second-order valence-electron chi connectivity index (χ2n) is 5.39. The minimum absolute atomic E-state index is 0.189. The number of amides is 1. The lowest BCUT2D eigenvalue weighted by atomic mass is 10.2. The molecule has 1 amide bonds. The predicted molar refractivity (Wildman–Crippen MR) is 72.7 cm³/mol. The number of hydrogen-bond acceptors (Lipinski definition) is 4. The van der Waals surface area contributed by atoms with Crippen LogP contribution in [0.3, 0.4) is 0 Å². The van der Waals surface area contributed by atoms with Gasteiger partial charge in [-0.05, 0) is 39.5 Å². The minimum atomic E-state index is -0.403. The van der Waals surface area contributed by atoms with E-state index in [0.29, 0.717) is 0 Å². The molecule has 0 aromatic carbocycles. The van der Waals surface area contributed by atoms with Gasteiger partial charge in [0.05, 0.1) is 0 Å². The van der Waals surface area contributed by atoms with E-state index in [2.05, 4.69) is 17.5 Å². The van der Waals surface area contributed by atoms with Crippen molar-refractivity contribution in [1.82, 2.24) is 9.80 Å². The fourth-order valence-electron chi connectivity index (χ4n) is 1.77. The van der Waals surface area contributed by atoms with Crippen molar-refractivity contribution in [2.75, 3.05) is 38.5 Å². The Morgan fingerprint density at radius 2 is 1.82 bits per heavy atom. The Morgan fingerprint density at radius 3 is 2.29 bits per heavy atom. The zero-order valence-corrected chi connectivity index (χ0v) is 12.0. The second-order valence-corrected chi connectivity index (χ2v) is 5.83. The van der Waals surface area contributed by atoms with Crippen LogP contribution in [0.15, 0.2) is 0 Å². The van der Waals surface area contributed by atoms with E-state index >= 15 is 0 Å². The standard InChI is InChI=1S/C12H24N2O2S/c1-12(2,3)16-11(15)14-8-6-13(7-9-14)5-4-10-17/h17H,4-10H2,1-3H3. The molecule has 0 radical (unpaired) electrons. The zero-order valence-electron chi connectivity index (χ0n) is 11.1. The molecule has 100 valence electrons. The van der Waals surface area contributed by atoms with E-state index in [1.165, 1.54) is 0 Å². The summed E-state index contributed by atoms with van der Waals surface area (Å²) < 4.78 is 5.35. The quantitative estimate of drug-likeness (QED) is 0.786. The summed E-state index contributed by atoms with van der Waals surface area (Å²) in [7, 11) is 0. The van der Waals surface area contributed by atoms with Crippen LogP contribution < -0.4 is 0 Å². The summed E-state index contributed by atoms with van der Waals surface area (Å²) in [5.74, 6) is 0.923. The van der Waals surface area contributed by atoms with Gasteiger partial charge in [-0.3, -0.25) is 4.90 Å². The first kappa shape index (κ1) is 14.6. The second kappa shape index (κ2) is 6.50. The van der Waals surface area contributed by atoms with Crippen molar-refractivity contribution in [1.29, 1.82) is 0 Å². The molecule has 0 aromatic rings. The summed E-state index contributed by atoms with van der Waals surface area (Å²) in [6, 6.07) is 0. The summed E-state index contributed by atoms with van der Waals surface area (Å²) in [4.78, 5) is 16.0. The number of piperazine rings is 1. The van der Waals surface area contributed by atoms with Crippen LogP contribution in [0.1, 0.15) is 27.2 Å². The van der Waals surface area contributed by atoms with Gasteiger partial charge in [0.15, 0.2) is 0 Å². The first-order chi connectivity index (χ1) is 7.92. The molecule has 0 unspecified atom stereocenters. The predicted octanol–water partition coefficient (Wildman–Crippen LogP) is 1.86. The van der Waals surface area contributed by atoms with Crippen LogP contribution in [-0.4, -0.2) is 60.0 Å². The Hall–Kier alpha value is -0.420. The van der Waals surface area contributed by atoms with Gasteiger partial charge in [-0.1, -0.05) is 0 Å². The Kier molecular flexibility index (Phi) is 5.59. The first-order valence-corrected chi connectivity index (χ1v) is 6.87. The molecule has 5 heteroatoms. The van der Waals surface area contributed by atoms with Gasteiger partial charge in [-0.25, -0.2) is 4.79 Å². The first-order valence-electron chi connectivity index (χ1n) is 6.23. The van der Waals surface area contributed by atoms with Crippen LogP contribution in [0, 0.1) is 0 Å². The van der Waals surface area contributed by atoms with E-state index in [0.717, 1.165) is 44.9 Å². The molecule has 1 aliphatic heterocycles. The number of hydrogen-bond donors (Lipinski definition) is 1. The normalized spacial score (nSPS) is 18.2. The summed E-state index contributed by atoms with van der Waals surface area (Å²) in [6.07, 6.45) is 0.918. The number of thiol groups is 1. The molecule has 0 N–H and O–H groups in total. The molecule has 4 nitrogen and oxygen atoms in total. The van der Waals surface area contributed by atoms with E-state index in [4.69, 9.17) is 4.74 Å². The molecular weight excluding hydrogens is 236 g/mol. The van der Waals surface area contributed by atoms with E-state index in [9.17, 15) is 4.79 Å². The number of rotatable bonds is 3. The van der Waals surface area contributed by atoms with Crippen molar-refractivity contribution in [3.63, 3.8) is 0 Å². The Morgan fingerprint density at radius 1 is 1.24 bits per heavy atom. The molecular formula is C12H24N2O2S. The maximum Gasteiger partial charge on any atom is 0.410 e. The highest BCUT2D eigenvalue weighted by Crippen LogP contribution is 2.11. The monoisotopic (exact) mass is 260 g/mol. The minimum Gasteiger partial charge on any atom is -0.444 e. The van der Waals surface area contributed by atoms with Crippen LogP contribution in [-0.2, 0) is 4.74 Å². The zero-order chi connectivity index (χ0) is 12.9. The lowest BCUT2D eigenvalue weighted by Crippen LogP contribution is -2.50. The third-order valence-electron chi connectivity index (χ3n) is 2.66. The van der Waals surface area contributed by atoms with E-state index in [1.807, 2.05) is 20.8 Å². The molecule has 1 rings (SSSR count). The number of carbonyl (C=O) groups is 1. The van der Waals surface area contributed by atoms with Crippen LogP contribution in [0.5, 0.6) is 0 Å². The number of carbonyl (C=O) groups excluding carboxylic acids is 1. The Bertz CT molecular complexity index is 245. The third kappa shape index (κ3) is 5.64. The van der Waals surface area contributed by atoms with Crippen LogP contribution in [0.4, 0.5) is 4.79 Å². The van der Waals surface area contributed by atoms with Crippen molar-refractivity contribution in [2.24, 2.45) is 0 Å². The van der Waals surface area contributed by atoms with Gasteiger partial charge < -0.3 is 9.64 Å². The highest BCUT2D eigenvalue weighted by molar-refractivity contribution is 7.80. The Labute approximate surface area is 110 Å². The molecule has 0 atom stereocenters. The van der Waals surface area contributed by atoms with E-state index < -0.39 is 5.60 Å². The van der Waals surface area contributed by atoms with Crippen LogP contribution >= 0.6 is 12.6 Å². The van der Waals surface area contributed by atoms with Crippen molar-refractivity contribution in [2.45, 2.75) is 32.8 Å². The lowest BCUT2D eigenvalue weighted by molar-refractivity contribution is 0.0146. The molecule has 1 fully saturated rings. The SMILES string of the molecule is CC(C)(C)OC(=O)N1CCN(CCCS)CC1. The van der Waals surface area contributed by atoms with Gasteiger partial charge in [0.25, 0.3) is 0 Å². The van der Waals surface area contributed by atoms with E-state index in [1.54, 1.807) is 4.90 Å². The molecule has 0 bridgehead atoms. The fraction of sp³-hybridized carbons (Fsp3) is 0.917. The van der Waals surface area contributed by atoms with Gasteiger partial charge in [-0.2, -0.15) is 12.6 Å². The fourth-order valence-corrected chi connectivity index (χ4v) is 1.92. The maximum absolute atomic E-state index is 11.8. The molecule has 0 spiro atoms. The van der Waals surface area contributed by atoms with Gasteiger partial charge >= 0.3 is 6.09 Å². The third-order valence-corrected chi connectivity index (χ3v) is 2.97. The summed E-state index contributed by atoms with van der Waals surface area (Å²) in [5.41, 5.74) is -0.403. The van der Waals surface area contributed by atoms with Gasteiger partial charge in [0.1, 0.15) is 5.60 Å². The largest absolute Gasteiger partial charge is 0.444 e. The lowest BCUT2D eigenvalue weighted by Gasteiger charge is -2.35. The topological polar surface area (TPSA) is 32.8 Å². The van der Waals surface area contributed by atoms with Crippen LogP contribution in [0.25, 0.3) is 0 Å². The maximum atomic E-state index is 11.8. The molecule has 0 saturated carbocycles. The van der Waals surface area contributed by atoms with Gasteiger partial charge in [0, 0.05) is 26.2 Å². The molecule has 0 aromatic heterocycles. The molecule has 1 heterocycles. The number of nitrogens with zero attached hydrogens (tertiary/aromatic N) is 2. The van der Waals surface area contributed by atoms with Gasteiger partial charge in [-0.15, -0.1) is 0 Å². The average Bonchev–Trinajstić information content (AvgIpc) is 2.24. The van der Waals surface area contributed by atoms with Crippen molar-refractivity contribution >= 4 is 18.7 Å². The molecule has 1 aliphatic rings. The van der Waals surface area contributed by atoms with Crippen molar-refractivity contribution in [3.05, 3.63) is 0 Å². The highest BCUT2D eigenvalue weighted by Gasteiger charge is 2.25. The van der Waals surface area contributed by atoms with E-state index in [-0.39, 0.29) is 6.09 Å². The average molecular weight is 260 g/mol.